The van der Waals surface area contributed by atoms with Gasteiger partial charge in [-0.3, -0.25) is 28.8 Å². The molecule has 102 heavy (non-hydrogen) atoms. The van der Waals surface area contributed by atoms with E-state index in [1.165, 1.54) is 67.0 Å². The predicted molar refractivity (Wildman–Crippen MR) is 364 cm³/mol. The van der Waals surface area contributed by atoms with Crippen LogP contribution in [0.3, 0.4) is 0 Å². The maximum absolute atomic E-state index is 15.4. The van der Waals surface area contributed by atoms with E-state index in [1.54, 1.807) is 45.0 Å². The third kappa shape index (κ3) is 14.3. The first-order valence-electron chi connectivity index (χ1n) is 30.8. The third-order valence-corrected chi connectivity index (χ3v) is 21.1. The number of hydrogen-bond acceptors (Lipinski definition) is 31. The molecule has 7 aromatic heterocycles. The zero-order valence-electron chi connectivity index (χ0n) is 55.0. The number of methoxy groups -OCH3 is 1. The Morgan fingerprint density at radius 1 is 0.853 bits per heavy atom. The number of likely N-dealkylation sites (N-methyl/N-ethyl adjacent to an activating group) is 1. The van der Waals surface area contributed by atoms with Crippen LogP contribution in [0, 0.1) is 0 Å². The van der Waals surface area contributed by atoms with Gasteiger partial charge in [0.15, 0.2) is 18.1 Å². The third-order valence-electron chi connectivity index (χ3n) is 16.7. The summed E-state index contributed by atoms with van der Waals surface area (Å²) >= 11 is 4.40. The van der Waals surface area contributed by atoms with Crippen LogP contribution in [-0.4, -0.2) is 192 Å². The summed E-state index contributed by atoms with van der Waals surface area (Å²) in [6.07, 6.45) is -8.78. The Bertz CT molecular complexity index is 4760. The van der Waals surface area contributed by atoms with E-state index < -0.39 is 151 Å². The maximum atomic E-state index is 15.4. The molecule has 0 spiro atoms. The molecular weight excluding hydrogens is 1430 g/mol. The summed E-state index contributed by atoms with van der Waals surface area (Å²) < 4.78 is 38.9. The highest BCUT2D eigenvalue weighted by atomic mass is 32.1. The number of primary amides is 1. The van der Waals surface area contributed by atoms with Crippen molar-refractivity contribution in [3.05, 3.63) is 124 Å². The van der Waals surface area contributed by atoms with Crippen molar-refractivity contribution in [3.8, 4) is 38.4 Å². The van der Waals surface area contributed by atoms with Crippen molar-refractivity contribution in [2.45, 2.75) is 108 Å². The van der Waals surface area contributed by atoms with Crippen LogP contribution < -0.4 is 42.5 Å². The number of allylic oxidation sites excluding steroid dienone is 1. The molecule has 12 rings (SSSR count). The fourth-order valence-corrected chi connectivity index (χ4v) is 16.1. The minimum Gasteiger partial charge on any atom is -0.506 e. The molecule has 10 atom stereocenters. The number of nitrogens with two attached hydrogens (primary N) is 1. The van der Waals surface area contributed by atoms with Crippen molar-refractivity contribution in [2.24, 2.45) is 5.73 Å². The number of amides is 7. The molecule has 8 aromatic rings. The Kier molecular flexibility index (Phi) is 20.5. The fraction of sp³-hybridized carbons (Fsp3) is 0.349. The lowest BCUT2D eigenvalue weighted by Crippen LogP contribution is -2.62. The van der Waals surface area contributed by atoms with Gasteiger partial charge in [-0.2, -0.15) is 4.73 Å². The molecule has 12 bridgehead atoms. The number of aromatic hydroxyl groups is 1. The molecule has 0 radical (unpaired) electrons. The van der Waals surface area contributed by atoms with Crippen LogP contribution in [0.1, 0.15) is 125 Å². The van der Waals surface area contributed by atoms with Crippen LogP contribution in [0.25, 0.3) is 49.3 Å². The topological polar surface area (TPSA) is 463 Å². The number of ether oxygens (including phenoxy) is 6. The number of nitrogens with zero attached hydrogens (tertiary/aromatic N) is 8. The number of hydrogen-bond donors (Lipinski definition) is 10. The Labute approximate surface area is 597 Å². The lowest BCUT2D eigenvalue weighted by molar-refractivity contribution is -0.280. The number of aliphatic hydroxyl groups excluding tert-OH is 1. The number of aromatic nitrogens is 7. The summed E-state index contributed by atoms with van der Waals surface area (Å²) in [4.78, 5) is 164. The first kappa shape index (κ1) is 71.7. The number of aliphatic hydroxyl groups is 2. The molecule has 34 nitrogen and oxygen atoms in total. The molecule has 534 valence electrons. The number of esters is 2. The molecular formula is C63H63N15O19S5. The Morgan fingerprint density at radius 2 is 1.52 bits per heavy atom. The normalized spacial score (nSPS) is 23.4. The smallest absolute Gasteiger partial charge is 0.431 e. The van der Waals surface area contributed by atoms with Gasteiger partial charge in [-0.15, -0.1) is 56.7 Å². The molecule has 1 saturated heterocycles. The molecule has 11 heterocycles. The molecule has 4 aliphatic rings. The minimum absolute atomic E-state index is 0.0127. The summed E-state index contributed by atoms with van der Waals surface area (Å²) in [6.45, 7) is 7.53. The second-order valence-electron chi connectivity index (χ2n) is 23.9. The standard InChI is InChI=1S/C63H63N15O19S5/c1-23(49(64)81)66-50(82)32-20-101-58(71-32)43-37(80)13-28-42(73-43)31-18-99-56(68-31)30-17-94-60(87)45-29-16-92-46(47(96-38-14-63(5,90)48(77(7)8)26(4)95-38)61(88)93-15-27-11-10-12-36(39(27)29)78(45)97-62(89)65-6)44(59-72-33(21-102-59)51(83)67-30)76-53(85)35-22-100-57(70-35)41(25(3)91-9)75-54(86)40(24(2)79)74-52(84)34-19-98-55(28)69-34/h10-13,18-22,24,26,30,38,40,44,46-48,79-80,90H,1,14-17H2,2-9H3,(H2,64,81)(H,65,89)(H,66,82)(H,67,83)(H,74,84)(H,75,86)(H,76,85)/b41-25+. The zero-order chi connectivity index (χ0) is 72.9. The first-order chi connectivity index (χ1) is 48.6. The molecule has 1 aromatic carbocycles. The maximum Gasteiger partial charge on any atom is 0.431 e. The van der Waals surface area contributed by atoms with Crippen LogP contribution in [0.4, 0.5) is 4.79 Å². The van der Waals surface area contributed by atoms with Crippen LogP contribution in [0.2, 0.25) is 0 Å². The van der Waals surface area contributed by atoms with Gasteiger partial charge in [-0.05, 0) is 59.5 Å². The second-order valence-corrected chi connectivity index (χ2v) is 28.3. The average Bonchev–Trinajstić information content (AvgIpc) is 1.68. The van der Waals surface area contributed by atoms with Gasteiger partial charge in [0.05, 0.1) is 48.8 Å². The largest absolute Gasteiger partial charge is 0.506 e. The van der Waals surface area contributed by atoms with E-state index >= 15 is 19.2 Å². The summed E-state index contributed by atoms with van der Waals surface area (Å²) in [7, 11) is 6.09. The van der Waals surface area contributed by atoms with Gasteiger partial charge >= 0.3 is 18.0 Å². The summed E-state index contributed by atoms with van der Waals surface area (Å²) in [5.74, 6) is -8.43. The quantitative estimate of drug-likeness (QED) is 0.0532. The monoisotopic (exact) mass is 1490 g/mol. The lowest BCUT2D eigenvalue weighted by atomic mass is 9.85. The van der Waals surface area contributed by atoms with E-state index in [-0.39, 0.29) is 110 Å². The van der Waals surface area contributed by atoms with Gasteiger partial charge in [-0.25, -0.2) is 44.3 Å². The summed E-state index contributed by atoms with van der Waals surface area (Å²) in [5.41, 5.74) is 1.83. The molecule has 39 heteroatoms. The van der Waals surface area contributed by atoms with Crippen molar-refractivity contribution in [3.63, 3.8) is 0 Å². The van der Waals surface area contributed by atoms with Crippen molar-refractivity contribution in [2.75, 3.05) is 34.9 Å². The highest BCUT2D eigenvalue weighted by molar-refractivity contribution is 7.14. The van der Waals surface area contributed by atoms with E-state index in [4.69, 9.17) is 53.9 Å². The van der Waals surface area contributed by atoms with E-state index in [2.05, 4.69) is 53.4 Å². The van der Waals surface area contributed by atoms with Crippen LogP contribution in [0.15, 0.2) is 69.2 Å². The van der Waals surface area contributed by atoms with E-state index in [0.717, 1.165) is 61.4 Å². The number of thiazole rings is 5. The van der Waals surface area contributed by atoms with Gasteiger partial charge in [0.2, 0.25) is 5.91 Å². The van der Waals surface area contributed by atoms with E-state index in [1.807, 2.05) is 0 Å². The number of cyclic esters (lactones) is 2. The number of carbonyl (C=O) groups excluding carboxylic acids is 9. The fourth-order valence-electron chi connectivity index (χ4n) is 11.9. The Balaban J connectivity index is 1.06. The minimum atomic E-state index is -1.96. The van der Waals surface area contributed by atoms with Gasteiger partial charge in [0.25, 0.3) is 29.5 Å². The number of pyridine rings is 1. The van der Waals surface area contributed by atoms with Crippen LogP contribution in [-0.2, 0) is 56.0 Å². The van der Waals surface area contributed by atoms with E-state index in [0.29, 0.717) is 0 Å². The Morgan fingerprint density at radius 3 is 2.23 bits per heavy atom. The number of benzene rings is 1. The van der Waals surface area contributed by atoms with Crippen LogP contribution >= 0.6 is 56.7 Å². The lowest BCUT2D eigenvalue weighted by Gasteiger charge is -2.48. The molecule has 7 amide bonds. The second kappa shape index (κ2) is 29.1. The number of nitrogens with one attached hydrogen (secondary N) is 6. The highest BCUT2D eigenvalue weighted by Crippen LogP contribution is 2.43. The SMILES string of the molecule is C=C(NC(=O)c1csc(-c2nc3c(cc2O)-c2nc(cs2)C(=O)NC(C(C)O)C(=O)N/C(=C(\C)OC)c2nc(cs2)C(=O)NC2c4nc(cs4)C(=O)NC(COC(=O)c4c5c6c(cccc6n4OC(=O)NC)COC(=O)C(OC4CC(C)(O)C(N(C)C)C(C)O4)C2OC5)c2nc-3cs2)n1)C(N)=O. The van der Waals surface area contributed by atoms with Crippen molar-refractivity contribution in [1.29, 1.82) is 0 Å². The zero-order valence-corrected chi connectivity index (χ0v) is 59.1. The van der Waals surface area contributed by atoms with Gasteiger partial charge in [0, 0.05) is 56.9 Å². The molecule has 10 unspecified atom stereocenters. The molecule has 0 saturated carbocycles. The van der Waals surface area contributed by atoms with Crippen molar-refractivity contribution in [1.82, 2.24) is 71.4 Å². The van der Waals surface area contributed by atoms with Gasteiger partial charge in [-0.1, -0.05) is 18.7 Å². The highest BCUT2D eigenvalue weighted by Gasteiger charge is 2.50. The number of carbonyl (C=O) groups is 9. The van der Waals surface area contributed by atoms with Crippen molar-refractivity contribution >= 4 is 127 Å². The molecule has 0 aliphatic carbocycles. The molecule has 1 fully saturated rings. The number of rotatable bonds is 10. The summed E-state index contributed by atoms with van der Waals surface area (Å²) in [5, 5.41) is 57.6. The Hall–Kier alpha value is -10.1. The molecule has 4 aliphatic heterocycles. The van der Waals surface area contributed by atoms with Crippen LogP contribution in [0.5, 0.6) is 5.75 Å². The van der Waals surface area contributed by atoms with Gasteiger partial charge in [0.1, 0.15) is 120 Å². The van der Waals surface area contributed by atoms with Crippen molar-refractivity contribution < 1.29 is 91.7 Å². The summed E-state index contributed by atoms with van der Waals surface area (Å²) in [6, 6.07) is 0.507. The van der Waals surface area contributed by atoms with E-state index in [9.17, 15) is 39.3 Å². The predicted octanol–water partition coefficient (Wildman–Crippen LogP) is 3.42. The first-order valence-corrected chi connectivity index (χ1v) is 35.2. The molecule has 11 N–H and O–H groups in total. The number of fused-ring (bicyclic) bond motifs is 15. The average molecular weight is 1490 g/mol. The van der Waals surface area contributed by atoms with Gasteiger partial charge < -0.3 is 91.1 Å².